The van der Waals surface area contributed by atoms with Crippen LogP contribution in [0.4, 0.5) is 5.69 Å². The lowest BCUT2D eigenvalue weighted by molar-refractivity contribution is 0.0600. The number of hydrogen-bond donors (Lipinski definition) is 2. The molecule has 3 rings (SSSR count). The first kappa shape index (κ1) is 20.7. The van der Waals surface area contributed by atoms with Gasteiger partial charge >= 0.3 is 5.97 Å². The number of nitrogens with one attached hydrogen (secondary N) is 2. The predicted octanol–water partition coefficient (Wildman–Crippen LogP) is 3.26. The minimum absolute atomic E-state index is 0.129. The Morgan fingerprint density at radius 2 is 1.77 bits per heavy atom. The Labute approximate surface area is 172 Å². The van der Waals surface area contributed by atoms with Crippen LogP contribution in [0.25, 0.3) is 0 Å². The van der Waals surface area contributed by atoms with Crippen LogP contribution in [0, 0.1) is 0 Å². The van der Waals surface area contributed by atoms with E-state index in [-0.39, 0.29) is 23.8 Å². The van der Waals surface area contributed by atoms with Gasteiger partial charge in [0, 0.05) is 17.8 Å². The van der Waals surface area contributed by atoms with E-state index in [4.69, 9.17) is 13.9 Å². The molecule has 1 heterocycles. The Hall–Kier alpha value is -4.07. The van der Waals surface area contributed by atoms with Crippen molar-refractivity contribution in [2.45, 2.75) is 6.54 Å². The summed E-state index contributed by atoms with van der Waals surface area (Å²) in [5, 5.41) is 5.45. The largest absolute Gasteiger partial charge is 0.497 e. The van der Waals surface area contributed by atoms with Crippen LogP contribution < -0.4 is 15.4 Å². The third-order valence-corrected chi connectivity index (χ3v) is 4.20. The average molecular weight is 408 g/mol. The van der Waals surface area contributed by atoms with Gasteiger partial charge in [0.2, 0.25) is 0 Å². The SMILES string of the molecule is COC(=O)c1cc(CNC(=O)c2cccc(OC)c2)cc(NC(=O)c2ccco2)c1. The summed E-state index contributed by atoms with van der Waals surface area (Å²) in [5.41, 5.74) is 1.64. The Morgan fingerprint density at radius 1 is 0.933 bits per heavy atom. The highest BCUT2D eigenvalue weighted by atomic mass is 16.5. The minimum Gasteiger partial charge on any atom is -0.497 e. The zero-order chi connectivity index (χ0) is 21.5. The van der Waals surface area contributed by atoms with Gasteiger partial charge in [-0.15, -0.1) is 0 Å². The van der Waals surface area contributed by atoms with Crippen LogP contribution in [-0.2, 0) is 11.3 Å². The summed E-state index contributed by atoms with van der Waals surface area (Å²) in [7, 11) is 2.79. The minimum atomic E-state index is -0.565. The quantitative estimate of drug-likeness (QED) is 0.581. The van der Waals surface area contributed by atoms with Gasteiger partial charge in [0.05, 0.1) is 26.0 Å². The van der Waals surface area contributed by atoms with Gasteiger partial charge in [-0.05, 0) is 54.1 Å². The second-order valence-electron chi connectivity index (χ2n) is 6.26. The van der Waals surface area contributed by atoms with Gasteiger partial charge < -0.3 is 24.5 Å². The van der Waals surface area contributed by atoms with E-state index in [1.807, 2.05) is 0 Å². The second kappa shape index (κ2) is 9.42. The molecule has 2 aromatic carbocycles. The second-order valence-corrected chi connectivity index (χ2v) is 6.26. The normalized spacial score (nSPS) is 10.2. The molecular formula is C22H20N2O6. The molecule has 0 spiro atoms. The molecule has 8 heteroatoms. The maximum Gasteiger partial charge on any atom is 0.337 e. The molecule has 0 aliphatic rings. The Bertz CT molecular complexity index is 1060. The van der Waals surface area contributed by atoms with Crippen molar-refractivity contribution in [3.63, 3.8) is 0 Å². The molecule has 30 heavy (non-hydrogen) atoms. The summed E-state index contributed by atoms with van der Waals surface area (Å²) in [6, 6.07) is 14.6. The number of amides is 2. The number of esters is 1. The zero-order valence-corrected chi connectivity index (χ0v) is 16.4. The first-order valence-corrected chi connectivity index (χ1v) is 8.99. The Kier molecular flexibility index (Phi) is 6.49. The molecule has 2 amide bonds. The average Bonchev–Trinajstić information content (AvgIpc) is 3.32. The maximum absolute atomic E-state index is 12.4. The maximum atomic E-state index is 12.4. The van der Waals surface area contributed by atoms with Gasteiger partial charge in [-0.1, -0.05) is 6.07 Å². The molecule has 0 aliphatic carbocycles. The lowest BCUT2D eigenvalue weighted by Crippen LogP contribution is -2.23. The molecule has 0 radical (unpaired) electrons. The van der Waals surface area contributed by atoms with E-state index >= 15 is 0 Å². The van der Waals surface area contributed by atoms with Crippen LogP contribution in [0.2, 0.25) is 0 Å². The van der Waals surface area contributed by atoms with Gasteiger partial charge in [0.25, 0.3) is 11.8 Å². The molecule has 8 nitrogen and oxygen atoms in total. The van der Waals surface area contributed by atoms with E-state index < -0.39 is 11.9 Å². The predicted molar refractivity (Wildman–Crippen MR) is 109 cm³/mol. The molecule has 0 fully saturated rings. The molecular weight excluding hydrogens is 388 g/mol. The number of ether oxygens (including phenoxy) is 2. The van der Waals surface area contributed by atoms with Crippen molar-refractivity contribution in [3.8, 4) is 5.75 Å². The fourth-order valence-electron chi connectivity index (χ4n) is 2.75. The highest BCUT2D eigenvalue weighted by Crippen LogP contribution is 2.18. The number of rotatable bonds is 7. The Balaban J connectivity index is 1.78. The first-order chi connectivity index (χ1) is 14.5. The molecule has 1 aromatic heterocycles. The molecule has 3 aromatic rings. The monoisotopic (exact) mass is 408 g/mol. The zero-order valence-electron chi connectivity index (χ0n) is 16.4. The molecule has 2 N–H and O–H groups in total. The number of carbonyl (C=O) groups is 3. The molecule has 154 valence electrons. The van der Waals surface area contributed by atoms with Gasteiger partial charge in [-0.2, -0.15) is 0 Å². The van der Waals surface area contributed by atoms with Crippen molar-refractivity contribution >= 4 is 23.5 Å². The van der Waals surface area contributed by atoms with Crippen LogP contribution in [0.1, 0.15) is 36.8 Å². The van der Waals surface area contributed by atoms with Crippen LogP contribution >= 0.6 is 0 Å². The van der Waals surface area contributed by atoms with E-state index in [1.165, 1.54) is 32.6 Å². The van der Waals surface area contributed by atoms with Crippen molar-refractivity contribution in [1.82, 2.24) is 5.32 Å². The van der Waals surface area contributed by atoms with E-state index in [0.717, 1.165) is 0 Å². The summed E-state index contributed by atoms with van der Waals surface area (Å²) in [5.74, 6) is -0.638. The Morgan fingerprint density at radius 3 is 2.47 bits per heavy atom. The van der Waals surface area contributed by atoms with Crippen LogP contribution in [-0.4, -0.2) is 32.0 Å². The first-order valence-electron chi connectivity index (χ1n) is 8.99. The van der Waals surface area contributed by atoms with Gasteiger partial charge in [0.1, 0.15) is 5.75 Å². The van der Waals surface area contributed by atoms with E-state index in [0.29, 0.717) is 22.6 Å². The highest BCUT2D eigenvalue weighted by molar-refractivity contribution is 6.03. The summed E-state index contributed by atoms with van der Waals surface area (Å²) in [6.45, 7) is 0.129. The van der Waals surface area contributed by atoms with Crippen molar-refractivity contribution in [1.29, 1.82) is 0 Å². The number of carbonyl (C=O) groups excluding carboxylic acids is 3. The summed E-state index contributed by atoms with van der Waals surface area (Å²) in [4.78, 5) is 36.7. The number of anilines is 1. The summed E-state index contributed by atoms with van der Waals surface area (Å²) >= 11 is 0. The van der Waals surface area contributed by atoms with Gasteiger partial charge in [-0.25, -0.2) is 4.79 Å². The molecule has 0 saturated heterocycles. The summed E-state index contributed by atoms with van der Waals surface area (Å²) in [6.07, 6.45) is 1.39. The molecule has 0 unspecified atom stereocenters. The number of benzene rings is 2. The molecule has 0 saturated carbocycles. The van der Waals surface area contributed by atoms with Crippen molar-refractivity contribution < 1.29 is 28.3 Å². The van der Waals surface area contributed by atoms with Crippen LogP contribution in [0.15, 0.2) is 65.3 Å². The van der Waals surface area contributed by atoms with Gasteiger partial charge in [0.15, 0.2) is 5.76 Å². The summed E-state index contributed by atoms with van der Waals surface area (Å²) < 4.78 is 15.0. The number of hydrogen-bond acceptors (Lipinski definition) is 6. The van der Waals surface area contributed by atoms with E-state index in [1.54, 1.807) is 42.5 Å². The highest BCUT2D eigenvalue weighted by Gasteiger charge is 2.14. The van der Waals surface area contributed by atoms with Crippen molar-refractivity contribution in [3.05, 3.63) is 83.3 Å². The fourth-order valence-corrected chi connectivity index (χ4v) is 2.75. The third kappa shape index (κ3) is 5.05. The molecule has 0 bridgehead atoms. The van der Waals surface area contributed by atoms with Gasteiger partial charge in [-0.3, -0.25) is 9.59 Å². The number of furan rings is 1. The number of methoxy groups -OCH3 is 2. The lowest BCUT2D eigenvalue weighted by atomic mass is 10.1. The lowest BCUT2D eigenvalue weighted by Gasteiger charge is -2.11. The molecule has 0 aliphatic heterocycles. The topological polar surface area (TPSA) is 107 Å². The molecule has 0 atom stereocenters. The van der Waals surface area contributed by atoms with Crippen LogP contribution in [0.5, 0.6) is 5.75 Å². The van der Waals surface area contributed by atoms with Crippen LogP contribution in [0.3, 0.4) is 0 Å². The van der Waals surface area contributed by atoms with Crippen molar-refractivity contribution in [2.24, 2.45) is 0 Å². The standard InChI is InChI=1S/C22H20N2O6/c1-28-18-6-3-5-15(12-18)20(25)23-13-14-9-16(22(27)29-2)11-17(10-14)24-21(26)19-7-4-8-30-19/h3-12H,13H2,1-2H3,(H,23,25)(H,24,26). The van der Waals surface area contributed by atoms with Crippen molar-refractivity contribution in [2.75, 3.05) is 19.5 Å². The fraction of sp³-hybridized carbons (Fsp3) is 0.136. The van der Waals surface area contributed by atoms with E-state index in [9.17, 15) is 14.4 Å². The smallest absolute Gasteiger partial charge is 0.337 e. The third-order valence-electron chi connectivity index (χ3n) is 4.20. The van der Waals surface area contributed by atoms with E-state index in [2.05, 4.69) is 10.6 Å².